The molecule has 1 amide bonds. The van der Waals surface area contributed by atoms with Crippen molar-refractivity contribution >= 4 is 5.91 Å². The zero-order valence-electron chi connectivity index (χ0n) is 10.6. The first-order chi connectivity index (χ1) is 8.77. The molecule has 0 unspecified atom stereocenters. The number of piperidine rings is 1. The Bertz CT molecular complexity index is 409. The molecule has 1 aromatic rings. The standard InChI is InChI=1S/C13H20N4O/c18-12(10-17-8-1-5-15-17)16-9-4-13(11-16)2-6-14-7-3-13/h1,5,8,14H,2-4,6-7,9-11H2. The molecule has 2 aliphatic heterocycles. The lowest BCUT2D eigenvalue weighted by molar-refractivity contribution is -0.131. The molecule has 1 aromatic heterocycles. The summed E-state index contributed by atoms with van der Waals surface area (Å²) in [6.07, 6.45) is 7.14. The van der Waals surface area contributed by atoms with Crippen molar-refractivity contribution in [3.63, 3.8) is 0 Å². The third-order valence-corrected chi connectivity index (χ3v) is 4.31. The lowest BCUT2D eigenvalue weighted by Gasteiger charge is -2.33. The van der Waals surface area contributed by atoms with Gasteiger partial charge in [0.1, 0.15) is 6.54 Å². The molecule has 2 saturated heterocycles. The van der Waals surface area contributed by atoms with Crippen LogP contribution >= 0.6 is 0 Å². The summed E-state index contributed by atoms with van der Waals surface area (Å²) in [4.78, 5) is 14.2. The summed E-state index contributed by atoms with van der Waals surface area (Å²) in [7, 11) is 0. The van der Waals surface area contributed by atoms with Crippen LogP contribution in [0.4, 0.5) is 0 Å². The monoisotopic (exact) mass is 248 g/mol. The van der Waals surface area contributed by atoms with Gasteiger partial charge in [0, 0.05) is 25.5 Å². The molecule has 0 aliphatic carbocycles. The Kier molecular flexibility index (Phi) is 3.07. The van der Waals surface area contributed by atoms with Gasteiger partial charge in [0.2, 0.25) is 5.91 Å². The maximum absolute atomic E-state index is 12.2. The molecular formula is C13H20N4O. The van der Waals surface area contributed by atoms with Gasteiger partial charge in [-0.3, -0.25) is 9.48 Å². The fourth-order valence-electron chi connectivity index (χ4n) is 3.15. The molecule has 0 saturated carbocycles. The Morgan fingerprint density at radius 2 is 2.17 bits per heavy atom. The first-order valence-electron chi connectivity index (χ1n) is 6.73. The molecule has 3 rings (SSSR count). The largest absolute Gasteiger partial charge is 0.341 e. The molecule has 1 spiro atoms. The predicted octanol–water partition coefficient (Wildman–Crippen LogP) is 0.485. The maximum atomic E-state index is 12.2. The van der Waals surface area contributed by atoms with Crippen molar-refractivity contribution in [3.8, 4) is 0 Å². The quantitative estimate of drug-likeness (QED) is 0.828. The second-order valence-corrected chi connectivity index (χ2v) is 5.52. The average Bonchev–Trinajstić information content (AvgIpc) is 3.01. The SMILES string of the molecule is O=C(Cn1cccn1)N1CCC2(CCNCC2)C1. The van der Waals surface area contributed by atoms with E-state index in [-0.39, 0.29) is 5.91 Å². The van der Waals surface area contributed by atoms with Crippen molar-refractivity contribution < 1.29 is 4.79 Å². The van der Waals surface area contributed by atoms with E-state index in [1.165, 1.54) is 19.3 Å². The van der Waals surface area contributed by atoms with Crippen LogP contribution in [0.15, 0.2) is 18.5 Å². The minimum atomic E-state index is 0.203. The van der Waals surface area contributed by atoms with Gasteiger partial charge in [0.25, 0.3) is 0 Å². The fraction of sp³-hybridized carbons (Fsp3) is 0.692. The number of amides is 1. The number of nitrogens with zero attached hydrogens (tertiary/aromatic N) is 3. The van der Waals surface area contributed by atoms with E-state index in [0.717, 1.165) is 26.2 Å². The first-order valence-corrected chi connectivity index (χ1v) is 6.73. The molecule has 0 aromatic carbocycles. The van der Waals surface area contributed by atoms with Crippen molar-refractivity contribution in [2.24, 2.45) is 5.41 Å². The van der Waals surface area contributed by atoms with Crippen molar-refractivity contribution in [2.45, 2.75) is 25.8 Å². The number of nitrogens with one attached hydrogen (secondary N) is 1. The Morgan fingerprint density at radius 1 is 1.33 bits per heavy atom. The zero-order valence-corrected chi connectivity index (χ0v) is 10.6. The molecule has 2 fully saturated rings. The van der Waals surface area contributed by atoms with Crippen molar-refractivity contribution in [1.82, 2.24) is 20.0 Å². The summed E-state index contributed by atoms with van der Waals surface area (Å²) >= 11 is 0. The van der Waals surface area contributed by atoms with Crippen LogP contribution in [0, 0.1) is 5.41 Å². The number of hydrogen-bond donors (Lipinski definition) is 1. The van der Waals surface area contributed by atoms with Crippen LogP contribution in [0.5, 0.6) is 0 Å². The highest BCUT2D eigenvalue weighted by Gasteiger charge is 2.40. The van der Waals surface area contributed by atoms with Crippen LogP contribution < -0.4 is 5.32 Å². The van der Waals surface area contributed by atoms with E-state index in [0.29, 0.717) is 12.0 Å². The molecule has 5 heteroatoms. The topological polar surface area (TPSA) is 50.2 Å². The van der Waals surface area contributed by atoms with Crippen molar-refractivity contribution in [3.05, 3.63) is 18.5 Å². The van der Waals surface area contributed by atoms with Crippen LogP contribution in [-0.2, 0) is 11.3 Å². The Balaban J connectivity index is 1.59. The van der Waals surface area contributed by atoms with E-state index >= 15 is 0 Å². The summed E-state index contributed by atoms with van der Waals surface area (Å²) < 4.78 is 1.70. The molecule has 0 radical (unpaired) electrons. The fourth-order valence-corrected chi connectivity index (χ4v) is 3.15. The average molecular weight is 248 g/mol. The summed E-state index contributed by atoms with van der Waals surface area (Å²) in [5.74, 6) is 0.203. The minimum absolute atomic E-state index is 0.203. The van der Waals surface area contributed by atoms with E-state index in [4.69, 9.17) is 0 Å². The number of hydrogen-bond acceptors (Lipinski definition) is 3. The molecule has 1 N–H and O–H groups in total. The van der Waals surface area contributed by atoms with E-state index < -0.39 is 0 Å². The molecule has 18 heavy (non-hydrogen) atoms. The van der Waals surface area contributed by atoms with Gasteiger partial charge in [0.05, 0.1) is 0 Å². The van der Waals surface area contributed by atoms with Gasteiger partial charge in [0.15, 0.2) is 0 Å². The smallest absolute Gasteiger partial charge is 0.244 e. The van der Waals surface area contributed by atoms with Gasteiger partial charge in [-0.05, 0) is 43.8 Å². The molecule has 0 bridgehead atoms. The van der Waals surface area contributed by atoms with Crippen LogP contribution in [-0.4, -0.2) is 46.8 Å². The van der Waals surface area contributed by atoms with Crippen LogP contribution in [0.3, 0.4) is 0 Å². The first kappa shape index (κ1) is 11.7. The molecule has 98 valence electrons. The number of aromatic nitrogens is 2. The van der Waals surface area contributed by atoms with Gasteiger partial charge in [-0.1, -0.05) is 0 Å². The van der Waals surface area contributed by atoms with Crippen LogP contribution in [0.2, 0.25) is 0 Å². The third kappa shape index (κ3) is 2.27. The van der Waals surface area contributed by atoms with Gasteiger partial charge < -0.3 is 10.2 Å². The van der Waals surface area contributed by atoms with E-state index in [9.17, 15) is 4.79 Å². The number of rotatable bonds is 2. The molecule has 5 nitrogen and oxygen atoms in total. The number of likely N-dealkylation sites (tertiary alicyclic amines) is 1. The summed E-state index contributed by atoms with van der Waals surface area (Å²) in [5, 5.41) is 7.49. The minimum Gasteiger partial charge on any atom is -0.341 e. The van der Waals surface area contributed by atoms with Crippen molar-refractivity contribution in [1.29, 1.82) is 0 Å². The lowest BCUT2D eigenvalue weighted by Crippen LogP contribution is -2.40. The van der Waals surface area contributed by atoms with Gasteiger partial charge in [-0.25, -0.2) is 0 Å². The summed E-state index contributed by atoms with van der Waals surface area (Å²) in [6.45, 7) is 4.43. The predicted molar refractivity (Wildman–Crippen MR) is 68.0 cm³/mol. The Morgan fingerprint density at radius 3 is 2.89 bits per heavy atom. The molecule has 0 atom stereocenters. The third-order valence-electron chi connectivity index (χ3n) is 4.31. The second kappa shape index (κ2) is 4.72. The van der Waals surface area contributed by atoms with E-state index in [1.807, 2.05) is 17.2 Å². The normalized spacial score (nSPS) is 22.6. The second-order valence-electron chi connectivity index (χ2n) is 5.52. The van der Waals surface area contributed by atoms with Crippen LogP contribution in [0.25, 0.3) is 0 Å². The van der Waals surface area contributed by atoms with Crippen molar-refractivity contribution in [2.75, 3.05) is 26.2 Å². The van der Waals surface area contributed by atoms with Crippen LogP contribution in [0.1, 0.15) is 19.3 Å². The number of carbonyl (C=O) groups excluding carboxylic acids is 1. The lowest BCUT2D eigenvalue weighted by atomic mass is 9.78. The zero-order chi connectivity index (χ0) is 12.4. The van der Waals surface area contributed by atoms with Gasteiger partial charge >= 0.3 is 0 Å². The number of carbonyl (C=O) groups is 1. The van der Waals surface area contributed by atoms with Gasteiger partial charge in [-0.2, -0.15) is 5.10 Å². The summed E-state index contributed by atoms with van der Waals surface area (Å²) in [6, 6.07) is 1.85. The highest BCUT2D eigenvalue weighted by molar-refractivity contribution is 5.76. The molecule has 3 heterocycles. The highest BCUT2D eigenvalue weighted by atomic mass is 16.2. The molecule has 2 aliphatic rings. The summed E-state index contributed by atoms with van der Waals surface area (Å²) in [5.41, 5.74) is 0.394. The molecular weight excluding hydrogens is 228 g/mol. The maximum Gasteiger partial charge on any atom is 0.244 e. The van der Waals surface area contributed by atoms with E-state index in [2.05, 4.69) is 10.4 Å². The highest BCUT2D eigenvalue weighted by Crippen LogP contribution is 2.38. The van der Waals surface area contributed by atoms with Gasteiger partial charge in [-0.15, -0.1) is 0 Å². The Hall–Kier alpha value is -1.36. The Labute approximate surface area is 107 Å². The van der Waals surface area contributed by atoms with E-state index in [1.54, 1.807) is 10.9 Å².